The molecule has 17 heavy (non-hydrogen) atoms. The molecule has 0 saturated carbocycles. The maximum atomic E-state index is 11.4. The van der Waals surface area contributed by atoms with Crippen molar-refractivity contribution in [2.75, 3.05) is 18.6 Å². The van der Waals surface area contributed by atoms with Crippen molar-refractivity contribution in [3.8, 4) is 6.07 Å². The number of carbonyl (C=O) groups excluding carboxylic acids is 1. The molecular weight excluding hydrogens is 216 g/mol. The average molecular weight is 230 g/mol. The van der Waals surface area contributed by atoms with Gasteiger partial charge < -0.3 is 9.64 Å². The number of anilines is 1. The van der Waals surface area contributed by atoms with E-state index in [2.05, 4.69) is 0 Å². The van der Waals surface area contributed by atoms with Gasteiger partial charge in [0.05, 0.1) is 6.61 Å². The normalized spacial score (nSPS) is 10.5. The highest BCUT2D eigenvalue weighted by Gasteiger charge is 2.10. The molecule has 0 bridgehead atoms. The monoisotopic (exact) mass is 230 g/mol. The molecule has 4 heteroatoms. The van der Waals surface area contributed by atoms with Crippen LogP contribution < -0.4 is 4.90 Å². The van der Waals surface area contributed by atoms with Crippen molar-refractivity contribution >= 4 is 11.7 Å². The second-order valence-electron chi connectivity index (χ2n) is 3.32. The molecule has 0 aromatic heterocycles. The summed E-state index contributed by atoms with van der Waals surface area (Å²) in [6.45, 7) is 1.96. The number of ether oxygens (including phenoxy) is 1. The molecule has 1 rings (SSSR count). The fourth-order valence-corrected chi connectivity index (χ4v) is 1.27. The molecule has 0 spiro atoms. The minimum absolute atomic E-state index is 0.0156. The van der Waals surface area contributed by atoms with Crippen LogP contribution in [-0.2, 0) is 9.53 Å². The van der Waals surface area contributed by atoms with Gasteiger partial charge in [-0.1, -0.05) is 18.2 Å². The summed E-state index contributed by atoms with van der Waals surface area (Å²) >= 11 is 0. The summed E-state index contributed by atoms with van der Waals surface area (Å²) in [6.07, 6.45) is 1.47. The Morgan fingerprint density at radius 3 is 2.65 bits per heavy atom. The average Bonchev–Trinajstić information content (AvgIpc) is 2.37. The van der Waals surface area contributed by atoms with E-state index >= 15 is 0 Å². The molecule has 4 nitrogen and oxygen atoms in total. The molecule has 0 aliphatic heterocycles. The number of para-hydroxylation sites is 1. The van der Waals surface area contributed by atoms with Crippen LogP contribution in [0.2, 0.25) is 0 Å². The second kappa shape index (κ2) is 6.33. The molecule has 0 atom stereocenters. The lowest BCUT2D eigenvalue weighted by molar-refractivity contribution is -0.138. The number of hydrogen-bond acceptors (Lipinski definition) is 4. The lowest BCUT2D eigenvalue weighted by atomic mass is 10.3. The lowest BCUT2D eigenvalue weighted by Gasteiger charge is -2.14. The number of carbonyl (C=O) groups is 1. The molecule has 0 unspecified atom stereocenters. The van der Waals surface area contributed by atoms with Gasteiger partial charge in [-0.15, -0.1) is 0 Å². The van der Waals surface area contributed by atoms with Gasteiger partial charge in [-0.05, 0) is 19.1 Å². The first-order valence-corrected chi connectivity index (χ1v) is 5.26. The Balaban J connectivity index is 2.86. The van der Waals surface area contributed by atoms with Crippen LogP contribution in [0.3, 0.4) is 0 Å². The smallest absolute Gasteiger partial charge is 0.350 e. The zero-order chi connectivity index (χ0) is 12.7. The van der Waals surface area contributed by atoms with Crippen LogP contribution >= 0.6 is 0 Å². The highest BCUT2D eigenvalue weighted by molar-refractivity contribution is 5.93. The zero-order valence-corrected chi connectivity index (χ0v) is 9.88. The van der Waals surface area contributed by atoms with Crippen LogP contribution in [0.4, 0.5) is 5.69 Å². The molecular formula is C13H14N2O2. The first kappa shape index (κ1) is 12.8. The Labute approximate surface area is 101 Å². The number of nitrogens with zero attached hydrogens (tertiary/aromatic N) is 2. The summed E-state index contributed by atoms with van der Waals surface area (Å²) < 4.78 is 4.78. The molecule has 0 aliphatic carbocycles. The summed E-state index contributed by atoms with van der Waals surface area (Å²) in [7, 11) is 1.77. The van der Waals surface area contributed by atoms with Gasteiger partial charge in [0, 0.05) is 18.9 Å². The van der Waals surface area contributed by atoms with Gasteiger partial charge in [-0.25, -0.2) is 4.79 Å². The quantitative estimate of drug-likeness (QED) is 0.451. The third-order valence-electron chi connectivity index (χ3n) is 2.10. The van der Waals surface area contributed by atoms with E-state index in [1.54, 1.807) is 18.9 Å². The summed E-state index contributed by atoms with van der Waals surface area (Å²) in [5.74, 6) is -0.599. The number of benzene rings is 1. The predicted molar refractivity (Wildman–Crippen MR) is 65.2 cm³/mol. The molecule has 0 heterocycles. The molecule has 0 saturated heterocycles. The Hall–Kier alpha value is -2.28. The predicted octanol–water partition coefficient (Wildman–Crippen LogP) is 2.09. The highest BCUT2D eigenvalue weighted by atomic mass is 16.5. The summed E-state index contributed by atoms with van der Waals surface area (Å²) in [5.41, 5.74) is 0.878. The Morgan fingerprint density at radius 1 is 1.47 bits per heavy atom. The Bertz CT molecular complexity index is 446. The number of nitriles is 1. The van der Waals surface area contributed by atoms with Gasteiger partial charge in [-0.3, -0.25) is 0 Å². The van der Waals surface area contributed by atoms with Crippen LogP contribution in [-0.4, -0.2) is 19.6 Å². The van der Waals surface area contributed by atoms with Crippen LogP contribution in [0.25, 0.3) is 0 Å². The second-order valence-corrected chi connectivity index (χ2v) is 3.32. The van der Waals surface area contributed by atoms with Crippen molar-refractivity contribution in [3.63, 3.8) is 0 Å². The molecule has 1 aromatic carbocycles. The van der Waals surface area contributed by atoms with Crippen LogP contribution in [0.5, 0.6) is 0 Å². The third-order valence-corrected chi connectivity index (χ3v) is 2.10. The largest absolute Gasteiger partial charge is 0.462 e. The summed E-state index contributed by atoms with van der Waals surface area (Å²) in [5, 5.41) is 8.87. The Kier molecular flexibility index (Phi) is 4.77. The minimum Gasteiger partial charge on any atom is -0.462 e. The zero-order valence-electron chi connectivity index (χ0n) is 9.88. The van der Waals surface area contributed by atoms with Gasteiger partial charge in [0.15, 0.2) is 5.57 Å². The molecule has 0 N–H and O–H groups in total. The molecule has 0 radical (unpaired) electrons. The van der Waals surface area contributed by atoms with Gasteiger partial charge in [0.25, 0.3) is 0 Å². The van der Waals surface area contributed by atoms with Crippen molar-refractivity contribution < 1.29 is 9.53 Å². The third kappa shape index (κ3) is 3.65. The number of rotatable bonds is 4. The van der Waals surface area contributed by atoms with Crippen molar-refractivity contribution in [1.29, 1.82) is 5.26 Å². The topological polar surface area (TPSA) is 53.3 Å². The van der Waals surface area contributed by atoms with Crippen LogP contribution in [0.15, 0.2) is 42.1 Å². The summed E-state index contributed by atoms with van der Waals surface area (Å²) in [4.78, 5) is 13.1. The first-order valence-electron chi connectivity index (χ1n) is 5.26. The fourth-order valence-electron chi connectivity index (χ4n) is 1.27. The van der Waals surface area contributed by atoms with Crippen molar-refractivity contribution in [2.24, 2.45) is 0 Å². The van der Waals surface area contributed by atoms with Crippen molar-refractivity contribution in [1.82, 2.24) is 0 Å². The van der Waals surface area contributed by atoms with Crippen LogP contribution in [0.1, 0.15) is 6.92 Å². The van der Waals surface area contributed by atoms with E-state index in [1.807, 2.05) is 36.4 Å². The Morgan fingerprint density at radius 2 is 2.12 bits per heavy atom. The van der Waals surface area contributed by atoms with E-state index in [4.69, 9.17) is 10.00 Å². The minimum atomic E-state index is -0.599. The standard InChI is InChI=1S/C13H14N2O2/c1-3-17-13(16)11(9-14)10-15(2)12-7-5-4-6-8-12/h4-8,10H,3H2,1-2H3/b11-10+. The fraction of sp³-hybridized carbons (Fsp3) is 0.231. The van der Waals surface area contributed by atoms with E-state index in [0.717, 1.165) is 5.69 Å². The first-order chi connectivity index (χ1) is 8.19. The maximum absolute atomic E-state index is 11.4. The SMILES string of the molecule is CCOC(=O)/C(C#N)=C/N(C)c1ccccc1. The van der Waals surface area contributed by atoms with Gasteiger partial charge in [-0.2, -0.15) is 5.26 Å². The number of esters is 1. The lowest BCUT2D eigenvalue weighted by Crippen LogP contribution is -2.14. The molecule has 0 amide bonds. The van der Waals surface area contributed by atoms with Gasteiger partial charge in [0.2, 0.25) is 0 Å². The van der Waals surface area contributed by atoms with E-state index in [0.29, 0.717) is 0 Å². The molecule has 0 aliphatic rings. The molecule has 88 valence electrons. The van der Waals surface area contributed by atoms with Crippen molar-refractivity contribution in [3.05, 3.63) is 42.1 Å². The number of hydrogen-bond donors (Lipinski definition) is 0. The highest BCUT2D eigenvalue weighted by Crippen LogP contribution is 2.12. The van der Waals surface area contributed by atoms with E-state index in [-0.39, 0.29) is 12.2 Å². The molecule has 1 aromatic rings. The molecule has 0 fully saturated rings. The summed E-state index contributed by atoms with van der Waals surface area (Å²) in [6, 6.07) is 11.3. The van der Waals surface area contributed by atoms with Gasteiger partial charge in [0.1, 0.15) is 6.07 Å². The van der Waals surface area contributed by atoms with E-state index in [9.17, 15) is 4.79 Å². The maximum Gasteiger partial charge on any atom is 0.350 e. The van der Waals surface area contributed by atoms with Gasteiger partial charge >= 0.3 is 5.97 Å². The van der Waals surface area contributed by atoms with E-state index < -0.39 is 5.97 Å². The van der Waals surface area contributed by atoms with Crippen LogP contribution in [0, 0.1) is 11.3 Å². The van der Waals surface area contributed by atoms with E-state index in [1.165, 1.54) is 6.20 Å². The van der Waals surface area contributed by atoms with Crippen molar-refractivity contribution in [2.45, 2.75) is 6.92 Å².